The van der Waals surface area contributed by atoms with Gasteiger partial charge in [-0.2, -0.15) is 0 Å². The van der Waals surface area contributed by atoms with E-state index in [2.05, 4.69) is 5.32 Å². The van der Waals surface area contributed by atoms with E-state index in [1.165, 1.54) is 6.42 Å². The monoisotopic (exact) mass is 337 g/mol. The van der Waals surface area contributed by atoms with Gasteiger partial charge in [-0.1, -0.05) is 67.1 Å². The van der Waals surface area contributed by atoms with Crippen LogP contribution < -0.4 is 5.32 Å². The molecule has 1 aliphatic rings. The van der Waals surface area contributed by atoms with Crippen molar-refractivity contribution in [2.24, 2.45) is 0 Å². The van der Waals surface area contributed by atoms with Gasteiger partial charge >= 0.3 is 5.97 Å². The number of ether oxygens (including phenoxy) is 1. The molecule has 0 spiro atoms. The van der Waals surface area contributed by atoms with E-state index in [9.17, 15) is 4.79 Å². The summed E-state index contributed by atoms with van der Waals surface area (Å²) in [5, 5.41) is 3.35. The maximum absolute atomic E-state index is 13.1. The van der Waals surface area contributed by atoms with Crippen LogP contribution in [-0.4, -0.2) is 25.2 Å². The first kappa shape index (κ1) is 17.7. The van der Waals surface area contributed by atoms with Gasteiger partial charge in [-0.15, -0.1) is 0 Å². The van der Waals surface area contributed by atoms with Crippen LogP contribution in [0.4, 0.5) is 0 Å². The molecule has 1 fully saturated rings. The Kier molecular flexibility index (Phi) is 6.24. The lowest BCUT2D eigenvalue weighted by Gasteiger charge is -2.23. The number of esters is 1. The van der Waals surface area contributed by atoms with Crippen molar-refractivity contribution < 1.29 is 9.53 Å². The zero-order chi connectivity index (χ0) is 17.5. The first-order valence-corrected chi connectivity index (χ1v) is 9.25. The summed E-state index contributed by atoms with van der Waals surface area (Å²) in [6, 6.07) is 20.3. The molecule has 2 aromatic carbocycles. The molecule has 2 aromatic rings. The summed E-state index contributed by atoms with van der Waals surface area (Å²) >= 11 is 0. The second-order valence-corrected chi connectivity index (χ2v) is 6.82. The van der Waals surface area contributed by atoms with Crippen LogP contribution in [0.25, 0.3) is 0 Å². The lowest BCUT2D eigenvalue weighted by Crippen LogP contribution is -2.31. The van der Waals surface area contributed by atoms with Crippen LogP contribution >= 0.6 is 0 Å². The van der Waals surface area contributed by atoms with Gasteiger partial charge in [-0.05, 0) is 43.9 Å². The smallest absolute Gasteiger partial charge is 0.318 e. The molecule has 0 heterocycles. The fourth-order valence-corrected chi connectivity index (χ4v) is 3.67. The van der Waals surface area contributed by atoms with Crippen molar-refractivity contribution in [2.45, 2.75) is 50.2 Å². The standard InChI is InChI=1S/C22H27NO2/c1-23-19-14-8-9-15-20(16-19)25-22(24)21(17-10-4-2-5-11-17)18-12-6-3-7-13-18/h2-7,10-13,19-21,23H,8-9,14-16H2,1H3. The van der Waals surface area contributed by atoms with Crippen LogP contribution in [0.15, 0.2) is 60.7 Å². The molecule has 132 valence electrons. The van der Waals surface area contributed by atoms with Crippen molar-refractivity contribution in [3.63, 3.8) is 0 Å². The molecule has 0 bridgehead atoms. The van der Waals surface area contributed by atoms with Crippen LogP contribution in [0.3, 0.4) is 0 Å². The van der Waals surface area contributed by atoms with E-state index in [0.717, 1.165) is 36.8 Å². The van der Waals surface area contributed by atoms with E-state index in [-0.39, 0.29) is 18.0 Å². The van der Waals surface area contributed by atoms with Crippen molar-refractivity contribution in [2.75, 3.05) is 7.05 Å². The topological polar surface area (TPSA) is 38.3 Å². The van der Waals surface area contributed by atoms with E-state index >= 15 is 0 Å². The molecule has 3 rings (SSSR count). The Hall–Kier alpha value is -2.13. The van der Waals surface area contributed by atoms with E-state index in [0.29, 0.717) is 6.04 Å². The third-order valence-electron chi connectivity index (χ3n) is 5.07. The highest BCUT2D eigenvalue weighted by Crippen LogP contribution is 2.28. The van der Waals surface area contributed by atoms with Crippen LogP contribution in [0.2, 0.25) is 0 Å². The first-order valence-electron chi connectivity index (χ1n) is 9.25. The molecular formula is C22H27NO2. The Morgan fingerprint density at radius 2 is 1.52 bits per heavy atom. The van der Waals surface area contributed by atoms with E-state index < -0.39 is 0 Å². The highest BCUT2D eigenvalue weighted by molar-refractivity contribution is 5.82. The second kappa shape index (κ2) is 8.82. The van der Waals surface area contributed by atoms with Crippen molar-refractivity contribution in [1.29, 1.82) is 0 Å². The predicted octanol–water partition coefficient (Wildman–Crippen LogP) is 4.28. The van der Waals surface area contributed by atoms with Crippen LogP contribution in [0.1, 0.15) is 49.1 Å². The summed E-state index contributed by atoms with van der Waals surface area (Å²) in [5.74, 6) is -0.502. The molecule has 0 radical (unpaired) electrons. The zero-order valence-corrected chi connectivity index (χ0v) is 14.9. The molecule has 1 N–H and O–H groups in total. The molecule has 25 heavy (non-hydrogen) atoms. The molecule has 0 amide bonds. The summed E-state index contributed by atoms with van der Waals surface area (Å²) in [6.45, 7) is 0. The maximum Gasteiger partial charge on any atom is 0.318 e. The Morgan fingerprint density at radius 3 is 2.08 bits per heavy atom. The van der Waals surface area contributed by atoms with Gasteiger partial charge in [0.05, 0.1) is 0 Å². The van der Waals surface area contributed by atoms with Gasteiger partial charge in [0.25, 0.3) is 0 Å². The Bertz CT molecular complexity index is 617. The normalized spacial score (nSPS) is 20.9. The van der Waals surface area contributed by atoms with E-state index in [1.807, 2.05) is 67.7 Å². The van der Waals surface area contributed by atoms with Crippen LogP contribution in [-0.2, 0) is 9.53 Å². The molecule has 2 unspecified atom stereocenters. The van der Waals surface area contributed by atoms with Gasteiger partial charge in [0.15, 0.2) is 0 Å². The van der Waals surface area contributed by atoms with Gasteiger partial charge in [0.1, 0.15) is 12.0 Å². The van der Waals surface area contributed by atoms with Crippen molar-refractivity contribution in [3.8, 4) is 0 Å². The van der Waals surface area contributed by atoms with E-state index in [1.54, 1.807) is 0 Å². The minimum Gasteiger partial charge on any atom is -0.462 e. The number of carbonyl (C=O) groups is 1. The summed E-state index contributed by atoms with van der Waals surface area (Å²) in [4.78, 5) is 13.1. The maximum atomic E-state index is 13.1. The molecule has 3 heteroatoms. The minimum absolute atomic E-state index is 0.00220. The average molecular weight is 337 g/mol. The fraction of sp³-hybridized carbons (Fsp3) is 0.409. The Balaban J connectivity index is 1.80. The summed E-state index contributed by atoms with van der Waals surface area (Å²) in [7, 11) is 1.99. The molecular weight excluding hydrogens is 310 g/mol. The summed E-state index contributed by atoms with van der Waals surface area (Å²) in [5.41, 5.74) is 1.97. The van der Waals surface area contributed by atoms with Gasteiger partial charge in [-0.25, -0.2) is 0 Å². The fourth-order valence-electron chi connectivity index (χ4n) is 3.67. The highest BCUT2D eigenvalue weighted by atomic mass is 16.5. The van der Waals surface area contributed by atoms with E-state index in [4.69, 9.17) is 4.74 Å². The lowest BCUT2D eigenvalue weighted by atomic mass is 9.91. The van der Waals surface area contributed by atoms with Crippen molar-refractivity contribution >= 4 is 5.97 Å². The van der Waals surface area contributed by atoms with Crippen molar-refractivity contribution in [3.05, 3.63) is 71.8 Å². The summed E-state index contributed by atoms with van der Waals surface area (Å²) < 4.78 is 6.00. The number of benzene rings is 2. The Morgan fingerprint density at radius 1 is 0.960 bits per heavy atom. The average Bonchev–Trinajstić information content (AvgIpc) is 2.89. The minimum atomic E-state index is -0.362. The number of hydrogen-bond acceptors (Lipinski definition) is 3. The molecule has 0 saturated heterocycles. The Labute approximate surface area is 150 Å². The summed E-state index contributed by atoms with van der Waals surface area (Å²) in [6.07, 6.45) is 5.34. The molecule has 0 aliphatic heterocycles. The highest BCUT2D eigenvalue weighted by Gasteiger charge is 2.28. The zero-order valence-electron chi connectivity index (χ0n) is 14.9. The first-order chi connectivity index (χ1) is 12.3. The van der Waals surface area contributed by atoms with Gasteiger partial charge in [0.2, 0.25) is 0 Å². The SMILES string of the molecule is CNC1CCCCC(OC(=O)C(c2ccccc2)c2ccccc2)C1. The number of carbonyl (C=O) groups excluding carboxylic acids is 1. The second-order valence-electron chi connectivity index (χ2n) is 6.82. The third kappa shape index (κ3) is 4.70. The predicted molar refractivity (Wildman–Crippen MR) is 101 cm³/mol. The molecule has 0 aromatic heterocycles. The van der Waals surface area contributed by atoms with Gasteiger partial charge < -0.3 is 10.1 Å². The molecule has 1 aliphatic carbocycles. The molecule has 2 atom stereocenters. The molecule has 1 saturated carbocycles. The number of rotatable bonds is 5. The quantitative estimate of drug-likeness (QED) is 0.654. The largest absolute Gasteiger partial charge is 0.462 e. The van der Waals surface area contributed by atoms with Crippen molar-refractivity contribution in [1.82, 2.24) is 5.32 Å². The third-order valence-corrected chi connectivity index (χ3v) is 5.07. The molecule has 3 nitrogen and oxygen atoms in total. The van der Waals surface area contributed by atoms with Crippen LogP contribution in [0, 0.1) is 0 Å². The van der Waals surface area contributed by atoms with Crippen LogP contribution in [0.5, 0.6) is 0 Å². The van der Waals surface area contributed by atoms with Gasteiger partial charge in [-0.3, -0.25) is 4.79 Å². The lowest BCUT2D eigenvalue weighted by molar-refractivity contribution is -0.150. The number of hydrogen-bond donors (Lipinski definition) is 1. The number of nitrogens with one attached hydrogen (secondary N) is 1. The van der Waals surface area contributed by atoms with Gasteiger partial charge in [0, 0.05) is 6.04 Å².